The number of aromatic nitrogens is 1. The third-order valence-electron chi connectivity index (χ3n) is 7.00. The molecule has 2 atom stereocenters. The molecule has 4 rings (SSSR count). The molecule has 214 valence electrons. The molecular weight excluding hydrogens is 530 g/mol. The van der Waals surface area contributed by atoms with Crippen LogP contribution in [0.15, 0.2) is 36.5 Å². The molecule has 2 aliphatic heterocycles. The molecule has 0 unspecified atom stereocenters. The zero-order valence-corrected chi connectivity index (χ0v) is 23.2. The van der Waals surface area contributed by atoms with Crippen LogP contribution in [0.4, 0.5) is 13.6 Å². The minimum absolute atomic E-state index is 0. The molecule has 39 heavy (non-hydrogen) atoms. The number of hydrogen-bond donors (Lipinski definition) is 1. The van der Waals surface area contributed by atoms with Gasteiger partial charge in [-0.25, -0.2) is 18.6 Å². The molecule has 3 heterocycles. The Labute approximate surface area is 234 Å². The van der Waals surface area contributed by atoms with Crippen LogP contribution in [-0.4, -0.2) is 77.9 Å². The van der Waals surface area contributed by atoms with Crippen LogP contribution in [0.3, 0.4) is 0 Å². The Morgan fingerprint density at radius 3 is 2.41 bits per heavy atom. The second-order valence-corrected chi connectivity index (χ2v) is 10.3. The highest BCUT2D eigenvalue weighted by atomic mass is 35.5. The quantitative estimate of drug-likeness (QED) is 0.509. The molecule has 1 aromatic heterocycles. The van der Waals surface area contributed by atoms with Crippen molar-refractivity contribution in [2.24, 2.45) is 11.7 Å². The molecule has 0 saturated carbocycles. The predicted molar refractivity (Wildman–Crippen MR) is 146 cm³/mol. The normalized spacial score (nSPS) is 18.6. The number of nitrogens with zero attached hydrogens (tertiary/aromatic N) is 3. The highest BCUT2D eigenvalue weighted by molar-refractivity contribution is 5.85. The number of hydrogen-bond acceptors (Lipinski definition) is 6. The minimum atomic E-state index is -1.02. The number of ether oxygens (including phenoxy) is 2. The van der Waals surface area contributed by atoms with E-state index in [1.807, 2.05) is 13.8 Å². The van der Waals surface area contributed by atoms with Gasteiger partial charge < -0.3 is 25.0 Å². The molecule has 0 spiro atoms. The standard InChI is InChI=1S/C28H36F2N4O4.ClH/c1-18(2)38-28(36)33-10-6-19(7-11-33)17-37-26-15-21(5-9-32-26)20-3-4-22(24(30)13-20)14-25(31)27(35)34-12-8-23(29)16-34;/h3-5,9,13,15,18-19,23,25H,6-8,10-12,14,16-17,31H2,1-2H3;1H/t23-,25-;/m0./s1. The summed E-state index contributed by atoms with van der Waals surface area (Å²) in [5.41, 5.74) is 7.75. The highest BCUT2D eigenvalue weighted by Gasteiger charge is 2.29. The summed E-state index contributed by atoms with van der Waals surface area (Å²) in [6.07, 6.45) is 2.16. The number of nitrogens with two attached hydrogens (primary N) is 1. The number of rotatable bonds is 8. The van der Waals surface area contributed by atoms with Crippen molar-refractivity contribution < 1.29 is 27.8 Å². The summed E-state index contributed by atoms with van der Waals surface area (Å²) in [5, 5.41) is 0. The number of piperidine rings is 1. The minimum Gasteiger partial charge on any atom is -0.477 e. The molecule has 2 amide bonds. The molecule has 0 radical (unpaired) electrons. The van der Waals surface area contributed by atoms with Crippen LogP contribution >= 0.6 is 12.4 Å². The van der Waals surface area contributed by atoms with Crippen LogP contribution in [-0.2, 0) is 16.0 Å². The largest absolute Gasteiger partial charge is 0.477 e. The smallest absolute Gasteiger partial charge is 0.410 e. The number of pyridine rings is 1. The van der Waals surface area contributed by atoms with Crippen molar-refractivity contribution in [3.63, 3.8) is 0 Å². The Morgan fingerprint density at radius 2 is 1.77 bits per heavy atom. The van der Waals surface area contributed by atoms with Gasteiger partial charge >= 0.3 is 6.09 Å². The number of carbonyl (C=O) groups is 2. The lowest BCUT2D eigenvalue weighted by atomic mass is 9.98. The van der Waals surface area contributed by atoms with E-state index in [-0.39, 0.29) is 43.5 Å². The maximum absolute atomic E-state index is 14.9. The number of benzene rings is 1. The summed E-state index contributed by atoms with van der Waals surface area (Å²) in [4.78, 5) is 31.9. The van der Waals surface area contributed by atoms with Crippen LogP contribution in [0, 0.1) is 11.7 Å². The van der Waals surface area contributed by atoms with E-state index in [9.17, 15) is 18.4 Å². The van der Waals surface area contributed by atoms with Crippen molar-refractivity contribution in [1.29, 1.82) is 0 Å². The van der Waals surface area contributed by atoms with Crippen LogP contribution in [0.2, 0.25) is 0 Å². The third kappa shape index (κ3) is 8.25. The van der Waals surface area contributed by atoms with Gasteiger partial charge in [0.25, 0.3) is 0 Å². The van der Waals surface area contributed by atoms with E-state index in [1.165, 1.54) is 11.0 Å². The molecule has 8 nitrogen and oxygen atoms in total. The average Bonchev–Trinajstić information content (AvgIpc) is 3.34. The van der Waals surface area contributed by atoms with E-state index in [1.54, 1.807) is 35.4 Å². The first-order valence-electron chi connectivity index (χ1n) is 13.2. The van der Waals surface area contributed by atoms with E-state index >= 15 is 0 Å². The van der Waals surface area contributed by atoms with Crippen molar-refractivity contribution >= 4 is 24.4 Å². The van der Waals surface area contributed by atoms with Gasteiger partial charge in [-0.3, -0.25) is 4.79 Å². The van der Waals surface area contributed by atoms with Gasteiger partial charge in [0.2, 0.25) is 11.8 Å². The van der Waals surface area contributed by atoms with Crippen LogP contribution in [0.5, 0.6) is 5.88 Å². The van der Waals surface area contributed by atoms with E-state index in [4.69, 9.17) is 15.2 Å². The van der Waals surface area contributed by atoms with Crippen LogP contribution < -0.4 is 10.5 Å². The first-order chi connectivity index (χ1) is 18.2. The number of alkyl halides is 1. The molecule has 2 aromatic rings. The fourth-order valence-corrected chi connectivity index (χ4v) is 4.80. The first-order valence-corrected chi connectivity index (χ1v) is 13.2. The average molecular weight is 567 g/mol. The topological polar surface area (TPSA) is 98.0 Å². The Hall–Kier alpha value is -2.98. The third-order valence-corrected chi connectivity index (χ3v) is 7.00. The second kappa shape index (κ2) is 13.9. The lowest BCUT2D eigenvalue weighted by Crippen LogP contribution is -2.44. The van der Waals surface area contributed by atoms with Gasteiger partial charge in [-0.05, 0) is 74.3 Å². The molecule has 2 saturated heterocycles. The van der Waals surface area contributed by atoms with Gasteiger partial charge in [0, 0.05) is 31.9 Å². The maximum Gasteiger partial charge on any atom is 0.410 e. The zero-order valence-electron chi connectivity index (χ0n) is 22.4. The summed E-state index contributed by atoms with van der Waals surface area (Å²) in [7, 11) is 0. The van der Waals surface area contributed by atoms with E-state index < -0.39 is 18.0 Å². The Balaban J connectivity index is 0.00000420. The fraction of sp³-hybridized carbons (Fsp3) is 0.536. The molecule has 0 aliphatic carbocycles. The molecule has 2 fully saturated rings. The number of amides is 2. The van der Waals surface area contributed by atoms with Crippen LogP contribution in [0.1, 0.15) is 38.7 Å². The van der Waals surface area contributed by atoms with Crippen molar-refractivity contribution in [1.82, 2.24) is 14.8 Å². The van der Waals surface area contributed by atoms with Gasteiger partial charge in [-0.1, -0.05) is 12.1 Å². The molecule has 0 bridgehead atoms. The molecule has 11 heteroatoms. The van der Waals surface area contributed by atoms with E-state index in [0.29, 0.717) is 55.6 Å². The summed E-state index contributed by atoms with van der Waals surface area (Å²) in [5.74, 6) is -0.0788. The molecule has 2 aliphatic rings. The lowest BCUT2D eigenvalue weighted by molar-refractivity contribution is -0.131. The van der Waals surface area contributed by atoms with Crippen molar-refractivity contribution in [2.45, 2.75) is 57.8 Å². The summed E-state index contributed by atoms with van der Waals surface area (Å²) >= 11 is 0. The first kappa shape index (κ1) is 30.6. The summed E-state index contributed by atoms with van der Waals surface area (Å²) in [6.45, 7) is 5.79. The lowest BCUT2D eigenvalue weighted by Gasteiger charge is -2.31. The van der Waals surface area contributed by atoms with Crippen LogP contribution in [0.25, 0.3) is 11.1 Å². The van der Waals surface area contributed by atoms with E-state index in [2.05, 4.69) is 4.98 Å². The number of carbonyl (C=O) groups excluding carboxylic acids is 2. The van der Waals surface area contributed by atoms with Crippen molar-refractivity contribution in [3.05, 3.63) is 47.9 Å². The second-order valence-electron chi connectivity index (χ2n) is 10.3. The van der Waals surface area contributed by atoms with E-state index in [0.717, 1.165) is 18.4 Å². The Bertz CT molecular complexity index is 1130. The summed E-state index contributed by atoms with van der Waals surface area (Å²) < 4.78 is 39.5. The molecular formula is C28H37ClF2N4O4. The number of likely N-dealkylation sites (tertiary alicyclic amines) is 2. The molecule has 1 aromatic carbocycles. The van der Waals surface area contributed by atoms with Gasteiger partial charge in [-0.15, -0.1) is 12.4 Å². The SMILES string of the molecule is CC(C)OC(=O)N1CCC(COc2cc(-c3ccc(C[C@H](N)C(=O)N4CC[C@H](F)C4)c(F)c3)ccn2)CC1.Cl. The van der Waals surface area contributed by atoms with Crippen molar-refractivity contribution in [3.8, 4) is 17.0 Å². The zero-order chi connectivity index (χ0) is 27.2. The Morgan fingerprint density at radius 1 is 1.08 bits per heavy atom. The number of halogens is 3. The van der Waals surface area contributed by atoms with Gasteiger partial charge in [0.1, 0.15) is 12.0 Å². The fourth-order valence-electron chi connectivity index (χ4n) is 4.80. The van der Waals surface area contributed by atoms with Gasteiger partial charge in [-0.2, -0.15) is 0 Å². The Kier molecular flexibility index (Phi) is 10.9. The van der Waals surface area contributed by atoms with Gasteiger partial charge in [0.05, 0.1) is 25.3 Å². The summed E-state index contributed by atoms with van der Waals surface area (Å²) in [6, 6.07) is 7.42. The highest BCUT2D eigenvalue weighted by Crippen LogP contribution is 2.26. The van der Waals surface area contributed by atoms with Gasteiger partial charge in [0.15, 0.2) is 0 Å². The monoisotopic (exact) mass is 566 g/mol. The van der Waals surface area contributed by atoms with Crippen molar-refractivity contribution in [2.75, 3.05) is 32.8 Å². The molecule has 2 N–H and O–H groups in total. The maximum atomic E-state index is 14.9. The predicted octanol–water partition coefficient (Wildman–Crippen LogP) is 4.39.